The fourth-order valence-electron chi connectivity index (χ4n) is 2.29. The molecule has 2 amide bonds. The van der Waals surface area contributed by atoms with Gasteiger partial charge in [0.1, 0.15) is 0 Å². The fraction of sp³-hybridized carbons (Fsp3) is 0.800. The van der Waals surface area contributed by atoms with Gasteiger partial charge in [-0.3, -0.25) is 0 Å². The molecule has 0 radical (unpaired) electrons. The summed E-state index contributed by atoms with van der Waals surface area (Å²) < 4.78 is 4.54. The van der Waals surface area contributed by atoms with E-state index in [2.05, 4.69) is 13.9 Å². The molecular weight excluding hydrogens is 425 g/mol. The van der Waals surface area contributed by atoms with Crippen molar-refractivity contribution < 1.29 is 34.3 Å². The van der Waals surface area contributed by atoms with E-state index in [1.54, 1.807) is 21.5 Å². The Morgan fingerprint density at radius 2 is 2.29 bits per heavy atom. The number of hydrogen-bond acceptors (Lipinski definition) is 4. The number of thioether (sulfide) groups is 1. The van der Waals surface area contributed by atoms with Crippen molar-refractivity contribution in [2.75, 3.05) is 5.75 Å². The molecule has 100 valence electrons. The Labute approximate surface area is 117 Å². The predicted octanol–water partition coefficient (Wildman–Crippen LogP) is 0.717. The molecule has 0 bridgehead atoms. The summed E-state index contributed by atoms with van der Waals surface area (Å²) in [5.74, 6) is 0.823. The molecule has 2 fully saturated rings. The first-order valence-electron chi connectivity index (χ1n) is 5.67. The number of rotatable bonds is 5. The summed E-state index contributed by atoms with van der Waals surface area (Å²) >= 11 is 3.69. The zero-order valence-electron chi connectivity index (χ0n) is 9.20. The van der Waals surface area contributed by atoms with Crippen LogP contribution in [0, 0.1) is 0 Å². The molecule has 2 aliphatic heterocycles. The Kier molecular flexibility index (Phi) is 4.78. The summed E-state index contributed by atoms with van der Waals surface area (Å²) in [4.78, 5) is 22.1. The SMILES string of the molecule is O=C1N[C@H]2[C@H](CS[C@H]2CCCCC(=O)[O][Au])N1. The van der Waals surface area contributed by atoms with E-state index in [0.717, 1.165) is 25.0 Å². The first-order valence-corrected chi connectivity index (χ1v) is 7.61. The number of carbonyl (C=O) groups excluding carboxylic acids is 2. The minimum absolute atomic E-state index is 0.0436. The number of urea groups is 1. The van der Waals surface area contributed by atoms with Gasteiger partial charge < -0.3 is 0 Å². The van der Waals surface area contributed by atoms with Crippen LogP contribution in [0.2, 0.25) is 0 Å². The third-order valence-electron chi connectivity index (χ3n) is 3.13. The zero-order valence-corrected chi connectivity index (χ0v) is 12.2. The first kappa shape index (κ1) is 13.3. The summed E-state index contributed by atoms with van der Waals surface area (Å²) in [5, 5.41) is 6.36. The molecule has 0 aromatic heterocycles. The second kappa shape index (κ2) is 6.13. The van der Waals surface area contributed by atoms with Gasteiger partial charge in [0.15, 0.2) is 0 Å². The van der Waals surface area contributed by atoms with Crippen molar-refractivity contribution in [3.8, 4) is 0 Å². The molecule has 2 rings (SSSR count). The second-order valence-corrected chi connectivity index (χ2v) is 6.02. The van der Waals surface area contributed by atoms with E-state index < -0.39 is 0 Å². The van der Waals surface area contributed by atoms with Gasteiger partial charge in [0.05, 0.1) is 0 Å². The van der Waals surface area contributed by atoms with Gasteiger partial charge in [0.2, 0.25) is 0 Å². The molecule has 5 nitrogen and oxygen atoms in total. The average Bonchev–Trinajstić information content (AvgIpc) is 2.84. The molecule has 2 aliphatic rings. The maximum absolute atomic E-state index is 11.2. The van der Waals surface area contributed by atoms with Crippen molar-refractivity contribution in [1.82, 2.24) is 10.6 Å². The summed E-state index contributed by atoms with van der Waals surface area (Å²) in [6.45, 7) is 0. The van der Waals surface area contributed by atoms with Gasteiger partial charge in [-0.1, -0.05) is 0 Å². The molecule has 3 atom stereocenters. The third kappa shape index (κ3) is 3.40. The number of amides is 2. The van der Waals surface area contributed by atoms with E-state index in [9.17, 15) is 9.59 Å². The quantitative estimate of drug-likeness (QED) is 0.376. The number of hydrogen-bond donors (Lipinski definition) is 2. The van der Waals surface area contributed by atoms with Gasteiger partial charge in [-0.2, -0.15) is 0 Å². The number of unbranched alkanes of at least 4 members (excludes halogenated alkanes) is 1. The summed E-state index contributed by atoms with van der Waals surface area (Å²) in [6.07, 6.45) is 3.37. The Balaban J connectivity index is 1.66. The zero-order chi connectivity index (χ0) is 12.3. The van der Waals surface area contributed by atoms with Crippen molar-refractivity contribution in [3.05, 3.63) is 0 Å². The molecular formula is C10H15AuN2O3S. The van der Waals surface area contributed by atoms with Gasteiger partial charge in [-0.15, -0.1) is 0 Å². The van der Waals surface area contributed by atoms with Crippen molar-refractivity contribution >= 4 is 23.8 Å². The average molecular weight is 440 g/mol. The predicted molar refractivity (Wildman–Crippen MR) is 60.0 cm³/mol. The monoisotopic (exact) mass is 440 g/mol. The summed E-state index contributed by atoms with van der Waals surface area (Å²) in [7, 11) is 0. The number of carbonyl (C=O) groups is 2. The van der Waals surface area contributed by atoms with Crippen LogP contribution in [0.5, 0.6) is 0 Å². The van der Waals surface area contributed by atoms with Crippen molar-refractivity contribution in [1.29, 1.82) is 0 Å². The fourth-order valence-corrected chi connectivity index (χ4v) is 4.05. The number of fused-ring (bicyclic) bond motifs is 1. The normalized spacial score (nSPS) is 30.7. The van der Waals surface area contributed by atoms with Gasteiger partial charge in [-0.25, -0.2) is 0 Å². The first-order chi connectivity index (χ1) is 8.20. The molecule has 0 unspecified atom stereocenters. The Morgan fingerprint density at radius 3 is 3.06 bits per heavy atom. The van der Waals surface area contributed by atoms with Crippen LogP contribution in [0.15, 0.2) is 0 Å². The van der Waals surface area contributed by atoms with E-state index in [1.807, 2.05) is 11.8 Å². The summed E-state index contributed by atoms with van der Waals surface area (Å²) in [6, 6.07) is 0.510. The molecule has 7 heteroatoms. The van der Waals surface area contributed by atoms with E-state index in [0.29, 0.717) is 11.7 Å². The van der Waals surface area contributed by atoms with Crippen LogP contribution in [0.4, 0.5) is 4.79 Å². The van der Waals surface area contributed by atoms with E-state index in [-0.39, 0.29) is 24.1 Å². The minimum atomic E-state index is -0.166. The van der Waals surface area contributed by atoms with Gasteiger partial charge in [-0.05, 0) is 0 Å². The molecule has 17 heavy (non-hydrogen) atoms. The molecule has 0 aliphatic carbocycles. The Bertz CT molecular complexity index is 316. The molecule has 0 saturated carbocycles. The van der Waals surface area contributed by atoms with Crippen LogP contribution in [0.25, 0.3) is 0 Å². The molecule has 0 spiro atoms. The van der Waals surface area contributed by atoms with Crippen LogP contribution in [0.3, 0.4) is 0 Å². The van der Waals surface area contributed by atoms with E-state index >= 15 is 0 Å². The topological polar surface area (TPSA) is 67.4 Å². The second-order valence-electron chi connectivity index (χ2n) is 4.30. The van der Waals surface area contributed by atoms with Crippen LogP contribution in [-0.4, -0.2) is 35.1 Å². The standard InChI is InChI=1S/C10H16N2O3S.Au/c13-8(14)4-2-1-3-7-9-6(5-16-7)11-10(15)12-9;/h6-7,9H,1-5H2,(H,13,14)(H2,11,12,15);/q;+1/p-1/t6-,7-,9-;/m0./s1. The van der Waals surface area contributed by atoms with Gasteiger partial charge in [0.25, 0.3) is 0 Å². The van der Waals surface area contributed by atoms with Crippen LogP contribution in [0.1, 0.15) is 25.7 Å². The summed E-state index contributed by atoms with van der Waals surface area (Å²) in [5.41, 5.74) is 0. The Hall–Kier alpha value is -0.170. The van der Waals surface area contributed by atoms with E-state index in [1.165, 1.54) is 0 Å². The van der Waals surface area contributed by atoms with Crippen LogP contribution in [-0.2, 0) is 29.5 Å². The van der Waals surface area contributed by atoms with Crippen LogP contribution >= 0.6 is 11.8 Å². The molecule has 2 heterocycles. The molecule has 2 N–H and O–H groups in total. The molecule has 2 saturated heterocycles. The van der Waals surface area contributed by atoms with Gasteiger partial charge >= 0.3 is 117 Å². The molecule has 0 aromatic carbocycles. The van der Waals surface area contributed by atoms with Crippen molar-refractivity contribution in [3.63, 3.8) is 0 Å². The van der Waals surface area contributed by atoms with E-state index in [4.69, 9.17) is 0 Å². The van der Waals surface area contributed by atoms with Gasteiger partial charge in [0, 0.05) is 0 Å². The third-order valence-corrected chi connectivity index (χ3v) is 5.13. The Morgan fingerprint density at radius 1 is 1.47 bits per heavy atom. The van der Waals surface area contributed by atoms with Crippen molar-refractivity contribution in [2.45, 2.75) is 43.0 Å². The van der Waals surface area contributed by atoms with Crippen molar-refractivity contribution in [2.24, 2.45) is 0 Å². The van der Waals surface area contributed by atoms with Crippen LogP contribution < -0.4 is 10.6 Å². The number of nitrogens with one attached hydrogen (secondary N) is 2. The maximum atomic E-state index is 11.2. The molecule has 0 aromatic rings.